The fourth-order valence-corrected chi connectivity index (χ4v) is 4.28. The van der Waals surface area contributed by atoms with E-state index < -0.39 is 48.7 Å². The van der Waals surface area contributed by atoms with E-state index in [0.29, 0.717) is 0 Å². The van der Waals surface area contributed by atoms with Crippen molar-refractivity contribution in [2.75, 3.05) is 13.7 Å². The molecular weight excluding hydrogens is 588 g/mol. The molecule has 228 valence electrons. The van der Waals surface area contributed by atoms with Gasteiger partial charge in [-0.25, -0.2) is 4.39 Å². The van der Waals surface area contributed by atoms with Crippen molar-refractivity contribution in [2.45, 2.75) is 32.4 Å². The molecule has 5 aromatic rings. The number of ether oxygens (including phenoxy) is 1. The van der Waals surface area contributed by atoms with E-state index in [0.717, 1.165) is 18.5 Å². The van der Waals surface area contributed by atoms with E-state index in [2.05, 4.69) is 35.3 Å². The molecule has 15 heteroatoms. The molecule has 4 aromatic heterocycles. The fourth-order valence-electron chi connectivity index (χ4n) is 4.28. The molecule has 44 heavy (non-hydrogen) atoms. The summed E-state index contributed by atoms with van der Waals surface area (Å²) in [6.45, 7) is -1.97. The van der Waals surface area contributed by atoms with E-state index >= 15 is 0 Å². The zero-order valence-electron chi connectivity index (χ0n) is 26.2. The number of rotatable bonds is 8. The number of furan rings is 1. The summed E-state index contributed by atoms with van der Waals surface area (Å²) in [5.74, 6) is -3.08. The minimum absolute atomic E-state index is 0.0230. The van der Waals surface area contributed by atoms with Crippen LogP contribution in [0.4, 0.5) is 17.6 Å². The highest BCUT2D eigenvalue weighted by molar-refractivity contribution is 6.11. The summed E-state index contributed by atoms with van der Waals surface area (Å²) in [7, 11) is 1.35. The third-order valence-corrected chi connectivity index (χ3v) is 6.40. The van der Waals surface area contributed by atoms with Crippen molar-refractivity contribution in [2.24, 2.45) is 0 Å². The molecule has 0 aliphatic carbocycles. The molecule has 5 rings (SSSR count). The Morgan fingerprint density at radius 3 is 2.48 bits per heavy atom. The van der Waals surface area contributed by atoms with Crippen molar-refractivity contribution < 1.29 is 44.9 Å². The maximum Gasteiger partial charge on any atom is 0.422 e. The summed E-state index contributed by atoms with van der Waals surface area (Å²) >= 11 is 0. The molecule has 0 saturated heterocycles. The quantitative estimate of drug-likeness (QED) is 0.221. The highest BCUT2D eigenvalue weighted by Gasteiger charge is 2.32. The average Bonchev–Trinajstić information content (AvgIpc) is 3.68. The Bertz CT molecular complexity index is 1960. The molecule has 0 saturated carbocycles. The van der Waals surface area contributed by atoms with Gasteiger partial charge in [0.2, 0.25) is 18.0 Å². The molecule has 2 amide bonds. The Balaban J connectivity index is 1.68. The van der Waals surface area contributed by atoms with Gasteiger partial charge in [-0.1, -0.05) is 5.16 Å². The van der Waals surface area contributed by atoms with Crippen LogP contribution in [0, 0.1) is 12.7 Å². The van der Waals surface area contributed by atoms with Crippen LogP contribution in [0.2, 0.25) is 0 Å². The SMILES string of the molecule is [2H]C([2H])([2H])C(C)(NC(=O)c1cc(-c2cc3c(C(=O)NC)c(-c4ccc(F)cc4)oc3nc2OCC(F)(F)F)cnc1C)c1ncon1. The summed E-state index contributed by atoms with van der Waals surface area (Å²) < 4.78 is 93.0. The third kappa shape index (κ3) is 6.07. The van der Waals surface area contributed by atoms with E-state index in [1.54, 1.807) is 0 Å². The number of hydrogen-bond donors (Lipinski definition) is 2. The minimum Gasteiger partial charge on any atom is -0.467 e. The van der Waals surface area contributed by atoms with Gasteiger partial charge in [0.25, 0.3) is 11.8 Å². The summed E-state index contributed by atoms with van der Waals surface area (Å²) in [4.78, 5) is 38.7. The number of carbonyl (C=O) groups is 2. The Kier molecular flexibility index (Phi) is 6.81. The van der Waals surface area contributed by atoms with Gasteiger partial charge in [-0.05, 0) is 57.1 Å². The normalized spacial score (nSPS) is 14.3. The number of amides is 2. The molecular formula is C29H24F4N6O5. The second-order valence-corrected chi connectivity index (χ2v) is 9.68. The van der Waals surface area contributed by atoms with Crippen LogP contribution in [-0.2, 0) is 5.54 Å². The Labute approximate surface area is 250 Å². The van der Waals surface area contributed by atoms with Gasteiger partial charge in [0, 0.05) is 34.0 Å². The lowest BCUT2D eigenvalue weighted by Gasteiger charge is -2.23. The van der Waals surface area contributed by atoms with Gasteiger partial charge in [-0.15, -0.1) is 0 Å². The lowest BCUT2D eigenvalue weighted by atomic mass is 10.00. The molecule has 0 bridgehead atoms. The lowest BCUT2D eigenvalue weighted by molar-refractivity contribution is -0.154. The highest BCUT2D eigenvalue weighted by atomic mass is 19.4. The second-order valence-electron chi connectivity index (χ2n) is 9.68. The van der Waals surface area contributed by atoms with Crippen molar-refractivity contribution in [3.8, 4) is 28.3 Å². The summed E-state index contributed by atoms with van der Waals surface area (Å²) in [6, 6.07) is 7.49. The van der Waals surface area contributed by atoms with Crippen LogP contribution >= 0.6 is 0 Å². The number of halogens is 4. The largest absolute Gasteiger partial charge is 0.467 e. The van der Waals surface area contributed by atoms with Crippen molar-refractivity contribution in [3.05, 3.63) is 77.5 Å². The van der Waals surface area contributed by atoms with E-state index in [4.69, 9.17) is 13.3 Å². The molecule has 1 aromatic carbocycles. The number of aryl methyl sites for hydroxylation is 1. The van der Waals surface area contributed by atoms with Crippen molar-refractivity contribution >= 4 is 22.9 Å². The fraction of sp³-hybridized carbons (Fsp3) is 0.241. The van der Waals surface area contributed by atoms with Gasteiger partial charge in [0.1, 0.15) is 11.6 Å². The number of alkyl halides is 3. The third-order valence-electron chi connectivity index (χ3n) is 6.40. The van der Waals surface area contributed by atoms with Gasteiger partial charge >= 0.3 is 6.18 Å². The Morgan fingerprint density at radius 1 is 1.09 bits per heavy atom. The maximum atomic E-state index is 13.6. The first kappa shape index (κ1) is 26.3. The number of pyridine rings is 2. The molecule has 0 radical (unpaired) electrons. The zero-order valence-corrected chi connectivity index (χ0v) is 23.2. The number of carbonyl (C=O) groups excluding carboxylic acids is 2. The molecule has 1 unspecified atom stereocenters. The molecule has 4 heterocycles. The standard InChI is InChI=1S/C29H24F4N6O5/c1-14-18(23(40)38-28(2,3)27-36-13-43-39-27)9-16(11-35-14)19-10-20-21(24(41)34-4)22(15-5-7-17(30)8-6-15)44-26(20)37-25(19)42-12-29(31,32)33/h5-11,13H,12H2,1-4H3,(H,34,41)(H,38,40)/i2D3. The molecule has 0 spiro atoms. The molecule has 1 atom stereocenters. The first-order valence-electron chi connectivity index (χ1n) is 14.2. The molecule has 0 fully saturated rings. The van der Waals surface area contributed by atoms with Crippen LogP contribution in [0.5, 0.6) is 5.88 Å². The van der Waals surface area contributed by atoms with Crippen molar-refractivity contribution in [1.82, 2.24) is 30.7 Å². The summed E-state index contributed by atoms with van der Waals surface area (Å²) in [5.41, 5.74) is -2.28. The van der Waals surface area contributed by atoms with Crippen LogP contribution in [0.25, 0.3) is 33.6 Å². The number of nitrogens with one attached hydrogen (secondary N) is 2. The van der Waals surface area contributed by atoms with Gasteiger partial charge in [0.05, 0.1) is 27.7 Å². The summed E-state index contributed by atoms with van der Waals surface area (Å²) in [6.07, 6.45) is -2.64. The van der Waals surface area contributed by atoms with E-state index in [9.17, 15) is 27.2 Å². The maximum absolute atomic E-state index is 13.6. The van der Waals surface area contributed by atoms with Crippen molar-refractivity contribution in [3.63, 3.8) is 0 Å². The molecule has 2 N–H and O–H groups in total. The predicted molar refractivity (Wildman–Crippen MR) is 147 cm³/mol. The van der Waals surface area contributed by atoms with Gasteiger partial charge in [0.15, 0.2) is 12.4 Å². The van der Waals surface area contributed by atoms with Gasteiger partial charge in [-0.2, -0.15) is 23.1 Å². The lowest BCUT2D eigenvalue weighted by Crippen LogP contribution is -2.42. The van der Waals surface area contributed by atoms with Crippen LogP contribution in [0.15, 0.2) is 57.9 Å². The smallest absolute Gasteiger partial charge is 0.422 e. The average molecular weight is 616 g/mol. The molecule has 0 aliphatic heterocycles. The number of fused-ring (bicyclic) bond motifs is 1. The first-order chi connectivity index (χ1) is 22.0. The first-order valence-corrected chi connectivity index (χ1v) is 12.7. The molecule has 11 nitrogen and oxygen atoms in total. The monoisotopic (exact) mass is 615 g/mol. The Hall–Kier alpha value is -5.34. The zero-order chi connectivity index (χ0) is 34.3. The van der Waals surface area contributed by atoms with Crippen LogP contribution in [-0.4, -0.2) is 51.8 Å². The van der Waals surface area contributed by atoms with Crippen LogP contribution in [0.3, 0.4) is 0 Å². The van der Waals surface area contributed by atoms with E-state index in [1.807, 2.05) is 0 Å². The predicted octanol–water partition coefficient (Wildman–Crippen LogP) is 5.35. The Morgan fingerprint density at radius 2 is 1.84 bits per heavy atom. The molecule has 0 aliphatic rings. The van der Waals surface area contributed by atoms with Gasteiger partial charge < -0.3 is 24.3 Å². The van der Waals surface area contributed by atoms with Crippen LogP contribution in [0.1, 0.15) is 50.1 Å². The topological polar surface area (TPSA) is 145 Å². The number of hydrogen-bond acceptors (Lipinski definition) is 9. The number of nitrogens with zero attached hydrogens (tertiary/aromatic N) is 4. The number of benzene rings is 1. The second kappa shape index (κ2) is 11.4. The number of aromatic nitrogens is 4. The highest BCUT2D eigenvalue weighted by Crippen LogP contribution is 2.39. The van der Waals surface area contributed by atoms with Gasteiger partial charge in [-0.3, -0.25) is 14.6 Å². The van der Waals surface area contributed by atoms with E-state index in [1.165, 1.54) is 51.4 Å². The minimum atomic E-state index is -4.77. The van der Waals surface area contributed by atoms with Crippen LogP contribution < -0.4 is 15.4 Å². The summed E-state index contributed by atoms with van der Waals surface area (Å²) in [5, 5.41) is 8.50. The van der Waals surface area contributed by atoms with E-state index in [-0.39, 0.29) is 56.2 Å². The van der Waals surface area contributed by atoms with Crippen molar-refractivity contribution in [1.29, 1.82) is 0 Å².